The van der Waals surface area contributed by atoms with Crippen LogP contribution in [0, 0.1) is 5.82 Å². The third-order valence-electron chi connectivity index (χ3n) is 2.23. The Balaban J connectivity index is 3.05. The third kappa shape index (κ3) is 2.89. The molecule has 0 aliphatic rings. The van der Waals surface area contributed by atoms with Gasteiger partial charge in [0.1, 0.15) is 5.82 Å². The maximum absolute atomic E-state index is 13.5. The summed E-state index contributed by atoms with van der Waals surface area (Å²) in [7, 11) is 1.63. The van der Waals surface area contributed by atoms with E-state index in [1.165, 1.54) is 18.2 Å². The lowest BCUT2D eigenvalue weighted by atomic mass is 10.0. The zero-order valence-corrected chi connectivity index (χ0v) is 9.13. The minimum absolute atomic E-state index is 0.0530. The van der Waals surface area contributed by atoms with E-state index in [0.29, 0.717) is 10.6 Å². The van der Waals surface area contributed by atoms with E-state index < -0.39 is 18.0 Å². The molecule has 84 valence electrons. The molecule has 0 bridgehead atoms. The number of rotatable bonds is 4. The van der Waals surface area contributed by atoms with Crippen molar-refractivity contribution in [1.82, 2.24) is 5.32 Å². The number of aliphatic hydroxyl groups is 1. The Hall–Kier alpha value is -0.680. The highest BCUT2D eigenvalue weighted by Gasteiger charge is 2.21. The van der Waals surface area contributed by atoms with Crippen LogP contribution in [0.5, 0.6) is 0 Å². The van der Waals surface area contributed by atoms with E-state index in [1.54, 1.807) is 7.05 Å². The van der Waals surface area contributed by atoms with Gasteiger partial charge < -0.3 is 16.2 Å². The lowest BCUT2D eigenvalue weighted by Crippen LogP contribution is -2.35. The number of likely N-dealkylation sites (N-methyl/N-ethyl adjacent to an activating group) is 1. The monoisotopic (exact) mass is 232 g/mol. The van der Waals surface area contributed by atoms with Gasteiger partial charge in [-0.25, -0.2) is 4.39 Å². The molecule has 0 saturated carbocycles. The summed E-state index contributed by atoms with van der Waals surface area (Å²) in [6.07, 6.45) is -0.844. The molecule has 0 fully saturated rings. The van der Waals surface area contributed by atoms with E-state index in [-0.39, 0.29) is 6.54 Å². The van der Waals surface area contributed by atoms with Crippen LogP contribution in [-0.2, 0) is 0 Å². The standard InChI is InChI=1S/C10H14ClFN2O/c1-14-10(9(15)5-13)7-4-6(11)2-3-8(7)12/h2-4,9-10,14-15H,5,13H2,1H3. The molecule has 0 aliphatic heterocycles. The molecule has 5 heteroatoms. The topological polar surface area (TPSA) is 58.3 Å². The molecule has 3 nitrogen and oxygen atoms in total. The van der Waals surface area contributed by atoms with Crippen LogP contribution >= 0.6 is 11.6 Å². The van der Waals surface area contributed by atoms with Gasteiger partial charge in [0, 0.05) is 17.1 Å². The molecule has 15 heavy (non-hydrogen) atoms. The summed E-state index contributed by atoms with van der Waals surface area (Å²) >= 11 is 5.76. The number of hydrogen-bond acceptors (Lipinski definition) is 3. The molecule has 0 radical (unpaired) electrons. The van der Waals surface area contributed by atoms with Gasteiger partial charge in [0.15, 0.2) is 0 Å². The zero-order chi connectivity index (χ0) is 11.4. The first-order valence-corrected chi connectivity index (χ1v) is 4.98. The molecule has 0 heterocycles. The second-order valence-corrected chi connectivity index (χ2v) is 3.67. The van der Waals surface area contributed by atoms with Crippen LogP contribution in [0.15, 0.2) is 18.2 Å². The Labute approximate surface area is 93.0 Å². The summed E-state index contributed by atoms with van der Waals surface area (Å²) < 4.78 is 13.5. The average molecular weight is 233 g/mol. The van der Waals surface area contributed by atoms with Gasteiger partial charge >= 0.3 is 0 Å². The van der Waals surface area contributed by atoms with Crippen molar-refractivity contribution in [3.05, 3.63) is 34.6 Å². The van der Waals surface area contributed by atoms with Crippen molar-refractivity contribution in [3.63, 3.8) is 0 Å². The quantitative estimate of drug-likeness (QED) is 0.728. The van der Waals surface area contributed by atoms with Gasteiger partial charge in [0.25, 0.3) is 0 Å². The Bertz CT molecular complexity index is 335. The molecule has 4 N–H and O–H groups in total. The van der Waals surface area contributed by atoms with Gasteiger partial charge in [-0.05, 0) is 25.2 Å². The first-order chi connectivity index (χ1) is 7.10. The highest BCUT2D eigenvalue weighted by atomic mass is 35.5. The van der Waals surface area contributed by atoms with Crippen LogP contribution in [0.25, 0.3) is 0 Å². The molecule has 1 rings (SSSR count). The zero-order valence-electron chi connectivity index (χ0n) is 8.37. The predicted octanol–water partition coefficient (Wildman–Crippen LogP) is 1.06. The molecule has 1 aromatic rings. The smallest absolute Gasteiger partial charge is 0.128 e. The fraction of sp³-hybridized carbons (Fsp3) is 0.400. The van der Waals surface area contributed by atoms with Crippen molar-refractivity contribution < 1.29 is 9.50 Å². The fourth-order valence-corrected chi connectivity index (χ4v) is 1.62. The predicted molar refractivity (Wildman–Crippen MR) is 58.3 cm³/mol. The maximum Gasteiger partial charge on any atom is 0.128 e. The van der Waals surface area contributed by atoms with E-state index in [0.717, 1.165) is 0 Å². The van der Waals surface area contributed by atoms with Gasteiger partial charge in [0.2, 0.25) is 0 Å². The third-order valence-corrected chi connectivity index (χ3v) is 2.47. The van der Waals surface area contributed by atoms with Crippen LogP contribution in [0.1, 0.15) is 11.6 Å². The largest absolute Gasteiger partial charge is 0.390 e. The molecule has 0 saturated heterocycles. The highest BCUT2D eigenvalue weighted by Crippen LogP contribution is 2.23. The minimum atomic E-state index is -0.844. The van der Waals surface area contributed by atoms with Crippen molar-refractivity contribution in [2.75, 3.05) is 13.6 Å². The Morgan fingerprint density at radius 3 is 2.80 bits per heavy atom. The second-order valence-electron chi connectivity index (χ2n) is 3.24. The van der Waals surface area contributed by atoms with Crippen molar-refractivity contribution in [1.29, 1.82) is 0 Å². The molecule has 2 unspecified atom stereocenters. The molecule has 1 aromatic carbocycles. The first-order valence-electron chi connectivity index (χ1n) is 4.60. The van der Waals surface area contributed by atoms with E-state index in [2.05, 4.69) is 5.32 Å². The van der Waals surface area contributed by atoms with Crippen LogP contribution in [0.3, 0.4) is 0 Å². The van der Waals surface area contributed by atoms with Crippen LogP contribution in [0.2, 0.25) is 5.02 Å². The van der Waals surface area contributed by atoms with Crippen molar-refractivity contribution in [3.8, 4) is 0 Å². The molecule has 2 atom stereocenters. The van der Waals surface area contributed by atoms with Crippen LogP contribution in [-0.4, -0.2) is 24.8 Å². The lowest BCUT2D eigenvalue weighted by Gasteiger charge is -2.22. The van der Waals surface area contributed by atoms with E-state index in [4.69, 9.17) is 17.3 Å². The first kappa shape index (κ1) is 12.4. The van der Waals surface area contributed by atoms with Gasteiger partial charge in [-0.2, -0.15) is 0 Å². The van der Waals surface area contributed by atoms with Gasteiger partial charge in [-0.3, -0.25) is 0 Å². The van der Waals surface area contributed by atoms with Crippen LogP contribution in [0.4, 0.5) is 4.39 Å². The molecule has 0 amide bonds. The number of benzene rings is 1. The highest BCUT2D eigenvalue weighted by molar-refractivity contribution is 6.30. The van der Waals surface area contributed by atoms with E-state index >= 15 is 0 Å². The van der Waals surface area contributed by atoms with Gasteiger partial charge in [-0.1, -0.05) is 11.6 Å². The maximum atomic E-state index is 13.5. The summed E-state index contributed by atoms with van der Waals surface area (Å²) in [5, 5.41) is 12.8. The van der Waals surface area contributed by atoms with E-state index in [9.17, 15) is 9.50 Å². The summed E-state index contributed by atoms with van der Waals surface area (Å²) in [6, 6.07) is 3.66. The van der Waals surface area contributed by atoms with Crippen LogP contribution < -0.4 is 11.1 Å². The van der Waals surface area contributed by atoms with Gasteiger partial charge in [-0.15, -0.1) is 0 Å². The summed E-state index contributed by atoms with van der Waals surface area (Å²) in [4.78, 5) is 0. The molecule has 0 aromatic heterocycles. The van der Waals surface area contributed by atoms with Crippen molar-refractivity contribution >= 4 is 11.6 Å². The number of nitrogens with one attached hydrogen (secondary N) is 1. The molecule has 0 spiro atoms. The molecule has 0 aliphatic carbocycles. The Kier molecular flexibility index (Phi) is 4.47. The SMILES string of the molecule is CNC(c1cc(Cl)ccc1F)C(O)CN. The average Bonchev–Trinajstić information content (AvgIpc) is 2.23. The van der Waals surface area contributed by atoms with Gasteiger partial charge in [0.05, 0.1) is 12.1 Å². The Morgan fingerprint density at radius 1 is 1.60 bits per heavy atom. The normalized spacial score (nSPS) is 15.0. The van der Waals surface area contributed by atoms with E-state index in [1.807, 2.05) is 0 Å². The molecular formula is C10H14ClFN2O. The molecular weight excluding hydrogens is 219 g/mol. The number of aliphatic hydroxyl groups excluding tert-OH is 1. The van der Waals surface area contributed by atoms with Crippen molar-refractivity contribution in [2.24, 2.45) is 5.73 Å². The summed E-state index contributed by atoms with van der Waals surface area (Å²) in [6.45, 7) is 0.0530. The Morgan fingerprint density at radius 2 is 2.27 bits per heavy atom. The lowest BCUT2D eigenvalue weighted by molar-refractivity contribution is 0.137. The summed E-state index contributed by atoms with van der Waals surface area (Å²) in [5.74, 6) is -0.411. The van der Waals surface area contributed by atoms with Crippen molar-refractivity contribution in [2.45, 2.75) is 12.1 Å². The number of hydrogen-bond donors (Lipinski definition) is 3. The minimum Gasteiger partial charge on any atom is -0.390 e. The fourth-order valence-electron chi connectivity index (χ4n) is 1.44. The number of halogens is 2. The number of nitrogens with two attached hydrogens (primary N) is 1. The summed E-state index contributed by atoms with van der Waals surface area (Å²) in [5.41, 5.74) is 5.65. The second kappa shape index (κ2) is 5.42.